The molecule has 0 aromatic carbocycles. The molecule has 0 aromatic rings. The fraction of sp³-hybridized carbons (Fsp3) is 0. The Labute approximate surface area is 30.6 Å². The molecule has 12 radical (unpaired) electrons. The van der Waals surface area contributed by atoms with E-state index in [2.05, 4.69) is 0 Å². The largest absolute Gasteiger partial charge is 0.269 e. The van der Waals surface area contributed by atoms with Gasteiger partial charge in [-0.05, 0) is 0 Å². The average Bonchev–Trinajstić information content (AvgIpc) is 0. The molecule has 0 heterocycles. The summed E-state index contributed by atoms with van der Waals surface area (Å²) < 4.78 is 0. The SMILES string of the molecule is F.[N].[N].[N].[N]. The van der Waals surface area contributed by atoms with Gasteiger partial charge in [-0.25, -0.2) is 0 Å². The first kappa shape index (κ1) is 1280. The van der Waals surface area contributed by atoms with Gasteiger partial charge in [-0.2, -0.15) is 0 Å². The zero-order chi connectivity index (χ0) is 0. The summed E-state index contributed by atoms with van der Waals surface area (Å²) in [5.41, 5.74) is 0. The van der Waals surface area contributed by atoms with Crippen molar-refractivity contribution >= 4 is 0 Å². The van der Waals surface area contributed by atoms with Crippen molar-refractivity contribution in [2.75, 3.05) is 0 Å². The predicted molar refractivity (Wildman–Crippen MR) is 11.0 cm³/mol. The van der Waals surface area contributed by atoms with Gasteiger partial charge in [-0.3, -0.25) is 4.70 Å². The van der Waals surface area contributed by atoms with Gasteiger partial charge in [0.25, 0.3) is 0 Å². The van der Waals surface area contributed by atoms with E-state index in [0.29, 0.717) is 0 Å². The Morgan fingerprint density at radius 1 is 0.400 bits per heavy atom. The summed E-state index contributed by atoms with van der Waals surface area (Å²) in [7, 11) is 0. The third-order valence-electron chi connectivity index (χ3n) is 0. The third kappa shape index (κ3) is 223. The maximum absolute atomic E-state index is 0. The minimum Gasteiger partial charge on any atom is -0.269 e. The third-order valence-corrected chi connectivity index (χ3v) is 0. The average molecular weight is 76.0 g/mol. The molecule has 0 rings (SSSR count). The van der Waals surface area contributed by atoms with E-state index < -0.39 is 0 Å². The molecule has 0 aromatic heterocycles. The minimum absolute atomic E-state index is 0. The summed E-state index contributed by atoms with van der Waals surface area (Å²) in [5, 5.41) is 0. The van der Waals surface area contributed by atoms with Crippen LogP contribution in [0.5, 0.6) is 0 Å². The first-order valence-corrected chi connectivity index (χ1v) is 0. The summed E-state index contributed by atoms with van der Waals surface area (Å²) in [4.78, 5) is 0. The fourth-order valence-corrected chi connectivity index (χ4v) is 0. The standard InChI is InChI=1S/FH.4N/h1H;;;;. The molecule has 0 aliphatic rings. The number of halogens is 1. The van der Waals surface area contributed by atoms with Crippen molar-refractivity contribution in [1.29, 1.82) is 0 Å². The molecule has 0 saturated carbocycles. The summed E-state index contributed by atoms with van der Waals surface area (Å²) in [6.45, 7) is 0. The number of hydrogen-bond donors (Lipinski definition) is 0. The molecule has 0 atom stereocenters. The Kier molecular flexibility index (Phi) is 140000. The summed E-state index contributed by atoms with van der Waals surface area (Å²) in [6.07, 6.45) is 0. The van der Waals surface area contributed by atoms with Crippen LogP contribution in [-0.2, 0) is 0 Å². The van der Waals surface area contributed by atoms with Crippen LogP contribution < -0.4 is 24.6 Å². The van der Waals surface area contributed by atoms with Crippen LogP contribution in [0.25, 0.3) is 0 Å². The van der Waals surface area contributed by atoms with Gasteiger partial charge >= 0.3 is 0 Å². The van der Waals surface area contributed by atoms with Gasteiger partial charge < -0.3 is 0 Å². The Morgan fingerprint density at radius 3 is 0.400 bits per heavy atom. The zero-order valence-corrected chi connectivity index (χ0v) is 2.20. The van der Waals surface area contributed by atoms with E-state index in [1.807, 2.05) is 0 Å². The van der Waals surface area contributed by atoms with Gasteiger partial charge in [0.2, 0.25) is 0 Å². The lowest BCUT2D eigenvalue weighted by Crippen LogP contribution is -0.482. The van der Waals surface area contributed by atoms with Crippen LogP contribution in [0.1, 0.15) is 0 Å². The second-order valence-electron chi connectivity index (χ2n) is 0. The van der Waals surface area contributed by atoms with Crippen LogP contribution in [0.2, 0.25) is 0 Å². The summed E-state index contributed by atoms with van der Waals surface area (Å²) >= 11 is 0. The molecule has 0 aliphatic carbocycles. The molecule has 0 fully saturated rings. The molecule has 0 saturated heterocycles. The molecule has 5 heteroatoms. The Morgan fingerprint density at radius 2 is 0.400 bits per heavy atom. The minimum atomic E-state index is 0. The Balaban J connectivity index is 0. The summed E-state index contributed by atoms with van der Waals surface area (Å²) in [5.74, 6) is 0. The molecular formula is HFN4. The van der Waals surface area contributed by atoms with Crippen molar-refractivity contribution in [2.45, 2.75) is 0 Å². The highest BCUT2D eigenvalue weighted by atomic mass is 19.0. The van der Waals surface area contributed by atoms with Gasteiger partial charge in [0.15, 0.2) is 0 Å². The lowest BCUT2D eigenvalue weighted by molar-refractivity contribution is 1.11. The van der Waals surface area contributed by atoms with Gasteiger partial charge in [0.05, 0.1) is 0 Å². The van der Waals surface area contributed by atoms with E-state index in [-0.39, 0.29) is 29.3 Å². The van der Waals surface area contributed by atoms with Gasteiger partial charge in [-0.1, -0.05) is 0 Å². The first-order valence-electron chi connectivity index (χ1n) is 0. The second kappa shape index (κ2) is 547. The molecule has 0 amide bonds. The van der Waals surface area contributed by atoms with Crippen LogP contribution in [0.4, 0.5) is 4.70 Å². The van der Waals surface area contributed by atoms with Gasteiger partial charge in [0.1, 0.15) is 0 Å². The highest BCUT2D eigenvalue weighted by molar-refractivity contribution is 2.14. The van der Waals surface area contributed by atoms with Crippen molar-refractivity contribution in [2.24, 2.45) is 0 Å². The molecular weight excluding hydrogens is 75.0 g/mol. The molecule has 4 nitrogen and oxygen atoms in total. The quantitative estimate of drug-likeness (QED) is 0.324. The lowest BCUT2D eigenvalue weighted by atomic mass is 14.0. The van der Waals surface area contributed by atoms with Crippen molar-refractivity contribution in [1.82, 2.24) is 24.6 Å². The van der Waals surface area contributed by atoms with Crippen LogP contribution in [0, 0.1) is 0 Å². The fourth-order valence-electron chi connectivity index (χ4n) is 0. The molecule has 0 aliphatic heterocycles. The van der Waals surface area contributed by atoms with Gasteiger partial charge in [-0.15, -0.1) is 0 Å². The van der Waals surface area contributed by atoms with E-state index in [4.69, 9.17) is 0 Å². The van der Waals surface area contributed by atoms with Crippen LogP contribution >= 0.6 is 0 Å². The zero-order valence-electron chi connectivity index (χ0n) is 2.20. The maximum atomic E-state index is 0. The van der Waals surface area contributed by atoms with Crippen molar-refractivity contribution in [3.63, 3.8) is 0 Å². The van der Waals surface area contributed by atoms with Crippen LogP contribution in [0.3, 0.4) is 0 Å². The van der Waals surface area contributed by atoms with E-state index in [1.54, 1.807) is 0 Å². The maximum Gasteiger partial charge on any atom is 0 e. The smallest absolute Gasteiger partial charge is 0 e. The Bertz CT molecular complexity index is 3.61. The Hall–Kier alpha value is -0.230. The monoisotopic (exact) mass is 76.0 g/mol. The van der Waals surface area contributed by atoms with Crippen molar-refractivity contribution in [3.8, 4) is 0 Å². The predicted octanol–water partition coefficient (Wildman–Crippen LogP) is -1.77. The molecule has 5 heavy (non-hydrogen) atoms. The molecule has 0 N–H and O–H groups in total. The van der Waals surface area contributed by atoms with Crippen LogP contribution in [-0.4, -0.2) is 0 Å². The van der Waals surface area contributed by atoms with E-state index >= 15 is 0 Å². The number of nitrogens with zero attached hydrogens (tertiary/aromatic N) is 4. The van der Waals surface area contributed by atoms with Crippen molar-refractivity contribution < 1.29 is 4.70 Å². The molecule has 28 valence electrons. The van der Waals surface area contributed by atoms with Crippen LogP contribution in [0.15, 0.2) is 0 Å². The van der Waals surface area contributed by atoms with E-state index in [0.717, 1.165) is 0 Å². The highest BCUT2D eigenvalue weighted by Crippen LogP contribution is 0.420. The van der Waals surface area contributed by atoms with Gasteiger partial charge in [0, 0.05) is 24.6 Å². The molecule has 0 unspecified atom stereocenters. The molecule has 0 spiro atoms. The normalized spacial score (nSPS) is 0. The lowest BCUT2D eigenvalue weighted by Gasteiger charge is -0.269. The van der Waals surface area contributed by atoms with Crippen molar-refractivity contribution in [3.05, 3.63) is 0 Å². The summed E-state index contributed by atoms with van der Waals surface area (Å²) in [6, 6.07) is 0. The van der Waals surface area contributed by atoms with E-state index in [9.17, 15) is 0 Å². The molecule has 0 bridgehead atoms. The number of rotatable bonds is 0. The topological polar surface area (TPSA) is 122 Å². The second-order valence-corrected chi connectivity index (χ2v) is 0. The first-order chi connectivity index (χ1) is 0. The van der Waals surface area contributed by atoms with E-state index in [1.165, 1.54) is 0 Å². The number of hydrogen-bond acceptors (Lipinski definition) is 0. The highest BCUT2D eigenvalue weighted by Gasteiger charge is 0.00301.